The Balaban J connectivity index is 2.55. The van der Waals surface area contributed by atoms with Gasteiger partial charge in [0.25, 0.3) is 0 Å². The van der Waals surface area contributed by atoms with Crippen LogP contribution in [0.3, 0.4) is 0 Å². The van der Waals surface area contributed by atoms with Crippen LogP contribution in [0, 0.1) is 5.41 Å². The first-order valence-electron chi connectivity index (χ1n) is 5.41. The first-order chi connectivity index (χ1) is 6.43. The summed E-state index contributed by atoms with van der Waals surface area (Å²) in [5, 5.41) is 3.33. The van der Waals surface area contributed by atoms with Crippen LogP contribution >= 0.6 is 0 Å². The molecule has 0 aromatic rings. The van der Waals surface area contributed by atoms with Gasteiger partial charge in [-0.05, 0) is 19.4 Å². The second kappa shape index (κ2) is 4.30. The van der Waals surface area contributed by atoms with Gasteiger partial charge in [-0.25, -0.2) is 0 Å². The number of carbonyl (C=O) groups is 1. The maximum Gasteiger partial charge on any atom is 0.227 e. The number of amides is 1. The molecule has 0 spiro atoms. The van der Waals surface area contributed by atoms with E-state index in [1.54, 1.807) is 0 Å². The molecule has 1 saturated heterocycles. The van der Waals surface area contributed by atoms with Gasteiger partial charge in [-0.2, -0.15) is 0 Å². The highest BCUT2D eigenvalue weighted by Gasteiger charge is 2.29. The molecule has 0 aromatic heterocycles. The molecule has 1 unspecified atom stereocenters. The molecule has 3 nitrogen and oxygen atoms in total. The molecular formula is C11H22N2O. The Labute approximate surface area is 86.9 Å². The first kappa shape index (κ1) is 11.5. The number of hydrogen-bond acceptors (Lipinski definition) is 2. The van der Waals surface area contributed by atoms with Gasteiger partial charge in [-0.3, -0.25) is 4.79 Å². The SMILES string of the molecule is CN(C(=O)C(C)(C)C)C1CCCNC1. The van der Waals surface area contributed by atoms with Crippen LogP contribution in [0.4, 0.5) is 0 Å². The average molecular weight is 198 g/mol. The Morgan fingerprint density at radius 3 is 2.50 bits per heavy atom. The third-order valence-electron chi connectivity index (χ3n) is 2.78. The van der Waals surface area contributed by atoms with Crippen molar-refractivity contribution in [1.29, 1.82) is 0 Å². The lowest BCUT2D eigenvalue weighted by molar-refractivity contribution is -0.140. The van der Waals surface area contributed by atoms with Gasteiger partial charge in [0.15, 0.2) is 0 Å². The molecule has 0 aromatic carbocycles. The van der Waals surface area contributed by atoms with Gasteiger partial charge in [-0.15, -0.1) is 0 Å². The van der Waals surface area contributed by atoms with Crippen LogP contribution < -0.4 is 5.32 Å². The van der Waals surface area contributed by atoms with E-state index < -0.39 is 0 Å². The normalized spacial score (nSPS) is 23.3. The molecule has 3 heteroatoms. The lowest BCUT2D eigenvalue weighted by atomic mass is 9.93. The molecular weight excluding hydrogens is 176 g/mol. The van der Waals surface area contributed by atoms with Crippen molar-refractivity contribution in [3.63, 3.8) is 0 Å². The Hall–Kier alpha value is -0.570. The monoisotopic (exact) mass is 198 g/mol. The summed E-state index contributed by atoms with van der Waals surface area (Å²) >= 11 is 0. The molecule has 1 N–H and O–H groups in total. The van der Waals surface area contributed by atoms with E-state index in [0.29, 0.717) is 6.04 Å². The summed E-state index contributed by atoms with van der Waals surface area (Å²) in [6.07, 6.45) is 2.30. The molecule has 82 valence electrons. The summed E-state index contributed by atoms with van der Waals surface area (Å²) < 4.78 is 0. The maximum absolute atomic E-state index is 12.0. The predicted molar refractivity (Wildman–Crippen MR) is 58.1 cm³/mol. The van der Waals surface area contributed by atoms with Crippen LogP contribution in [0.2, 0.25) is 0 Å². The third kappa shape index (κ3) is 2.71. The van der Waals surface area contributed by atoms with Crippen LogP contribution in [0.5, 0.6) is 0 Å². The van der Waals surface area contributed by atoms with E-state index in [4.69, 9.17) is 0 Å². The number of likely N-dealkylation sites (N-methyl/N-ethyl adjacent to an activating group) is 1. The summed E-state index contributed by atoms with van der Waals surface area (Å²) in [7, 11) is 1.92. The molecule has 0 saturated carbocycles. The van der Waals surface area contributed by atoms with Crippen LogP contribution in [0.25, 0.3) is 0 Å². The quantitative estimate of drug-likeness (QED) is 0.687. The average Bonchev–Trinajstić information content (AvgIpc) is 2.15. The Morgan fingerprint density at radius 1 is 1.43 bits per heavy atom. The predicted octanol–water partition coefficient (Wildman–Crippen LogP) is 1.24. The minimum Gasteiger partial charge on any atom is -0.341 e. The van der Waals surface area contributed by atoms with Crippen molar-refractivity contribution in [2.24, 2.45) is 5.41 Å². The Morgan fingerprint density at radius 2 is 2.07 bits per heavy atom. The molecule has 0 bridgehead atoms. The Kier molecular flexibility index (Phi) is 3.53. The second-order valence-electron chi connectivity index (χ2n) is 5.17. The van der Waals surface area contributed by atoms with E-state index in [-0.39, 0.29) is 11.3 Å². The minimum atomic E-state index is -0.258. The van der Waals surface area contributed by atoms with Crippen LogP contribution in [-0.2, 0) is 4.79 Å². The zero-order chi connectivity index (χ0) is 10.8. The first-order valence-corrected chi connectivity index (χ1v) is 5.41. The van der Waals surface area contributed by atoms with Crippen molar-refractivity contribution in [2.75, 3.05) is 20.1 Å². The summed E-state index contributed by atoms with van der Waals surface area (Å²) in [5.74, 6) is 0.242. The van der Waals surface area contributed by atoms with Gasteiger partial charge >= 0.3 is 0 Å². The van der Waals surface area contributed by atoms with Gasteiger partial charge in [0.05, 0.1) is 0 Å². The minimum absolute atomic E-state index is 0.242. The zero-order valence-corrected chi connectivity index (χ0v) is 9.76. The van der Waals surface area contributed by atoms with Crippen molar-refractivity contribution in [3.05, 3.63) is 0 Å². The highest BCUT2D eigenvalue weighted by molar-refractivity contribution is 5.81. The van der Waals surface area contributed by atoms with E-state index in [1.165, 1.54) is 6.42 Å². The smallest absolute Gasteiger partial charge is 0.227 e. The van der Waals surface area contributed by atoms with Gasteiger partial charge in [0, 0.05) is 25.0 Å². The fraction of sp³-hybridized carbons (Fsp3) is 0.909. The molecule has 0 radical (unpaired) electrons. The lowest BCUT2D eigenvalue weighted by Crippen LogP contribution is -2.49. The van der Waals surface area contributed by atoms with Crippen LogP contribution in [0.1, 0.15) is 33.6 Å². The summed E-state index contributed by atoms with van der Waals surface area (Å²) in [6, 6.07) is 0.385. The number of nitrogens with one attached hydrogen (secondary N) is 1. The molecule has 1 aliphatic heterocycles. The maximum atomic E-state index is 12.0. The molecule has 1 amide bonds. The van der Waals surface area contributed by atoms with Crippen molar-refractivity contribution in [1.82, 2.24) is 10.2 Å². The van der Waals surface area contributed by atoms with Crippen LogP contribution in [0.15, 0.2) is 0 Å². The number of piperidine rings is 1. The largest absolute Gasteiger partial charge is 0.341 e. The zero-order valence-electron chi connectivity index (χ0n) is 9.76. The van der Waals surface area contributed by atoms with E-state index in [2.05, 4.69) is 5.32 Å². The van der Waals surface area contributed by atoms with E-state index in [1.807, 2.05) is 32.7 Å². The topological polar surface area (TPSA) is 32.3 Å². The summed E-state index contributed by atoms with van der Waals surface area (Å²) in [6.45, 7) is 7.96. The third-order valence-corrected chi connectivity index (χ3v) is 2.78. The van der Waals surface area contributed by atoms with Crippen molar-refractivity contribution >= 4 is 5.91 Å². The molecule has 1 heterocycles. The summed E-state index contributed by atoms with van der Waals surface area (Å²) in [4.78, 5) is 13.9. The van der Waals surface area contributed by atoms with Crippen molar-refractivity contribution in [3.8, 4) is 0 Å². The van der Waals surface area contributed by atoms with E-state index >= 15 is 0 Å². The number of carbonyl (C=O) groups excluding carboxylic acids is 1. The van der Waals surface area contributed by atoms with Gasteiger partial charge in [0.2, 0.25) is 5.91 Å². The number of nitrogens with zero attached hydrogens (tertiary/aromatic N) is 1. The fourth-order valence-electron chi connectivity index (χ4n) is 1.86. The molecule has 1 fully saturated rings. The Bertz CT molecular complexity index is 202. The number of hydrogen-bond donors (Lipinski definition) is 1. The summed E-state index contributed by atoms with van der Waals surface area (Å²) in [5.41, 5.74) is -0.258. The van der Waals surface area contributed by atoms with Crippen molar-refractivity contribution in [2.45, 2.75) is 39.7 Å². The highest BCUT2D eigenvalue weighted by atomic mass is 16.2. The molecule has 1 rings (SSSR count). The molecule has 1 atom stereocenters. The standard InChI is InChI=1S/C11H22N2O/c1-11(2,3)10(14)13(4)9-6-5-7-12-8-9/h9,12H,5-8H2,1-4H3. The van der Waals surface area contributed by atoms with Crippen molar-refractivity contribution < 1.29 is 4.79 Å². The number of rotatable bonds is 1. The highest BCUT2D eigenvalue weighted by Crippen LogP contribution is 2.19. The molecule has 1 aliphatic rings. The van der Waals surface area contributed by atoms with Gasteiger partial charge < -0.3 is 10.2 Å². The molecule has 14 heavy (non-hydrogen) atoms. The van der Waals surface area contributed by atoms with Crippen LogP contribution in [-0.4, -0.2) is 37.0 Å². The van der Waals surface area contributed by atoms with Gasteiger partial charge in [0.1, 0.15) is 0 Å². The second-order valence-corrected chi connectivity index (χ2v) is 5.17. The van der Waals surface area contributed by atoms with Gasteiger partial charge in [-0.1, -0.05) is 20.8 Å². The van der Waals surface area contributed by atoms with E-state index in [0.717, 1.165) is 19.5 Å². The van der Waals surface area contributed by atoms with E-state index in [9.17, 15) is 4.79 Å². The lowest BCUT2D eigenvalue weighted by Gasteiger charge is -2.35. The molecule has 0 aliphatic carbocycles. The fourth-order valence-corrected chi connectivity index (χ4v) is 1.86.